The van der Waals surface area contributed by atoms with E-state index in [2.05, 4.69) is 4.74 Å². The highest BCUT2D eigenvalue weighted by Crippen LogP contribution is 2.33. The van der Waals surface area contributed by atoms with Crippen molar-refractivity contribution in [1.82, 2.24) is 4.98 Å². The average molecular weight is 442 g/mol. The molecule has 0 fully saturated rings. The number of carbonyl (C=O) groups is 1. The smallest absolute Gasteiger partial charge is 0.305 e. The first-order valence-corrected chi connectivity index (χ1v) is 11.1. The van der Waals surface area contributed by atoms with Gasteiger partial charge >= 0.3 is 5.97 Å². The van der Waals surface area contributed by atoms with E-state index in [0.29, 0.717) is 25.4 Å². The maximum absolute atomic E-state index is 13.9. The number of esters is 1. The summed E-state index contributed by atoms with van der Waals surface area (Å²) in [5, 5.41) is 0.870. The van der Waals surface area contributed by atoms with E-state index in [4.69, 9.17) is 14.5 Å². The lowest BCUT2D eigenvalue weighted by Crippen LogP contribution is -2.07. The van der Waals surface area contributed by atoms with Crippen molar-refractivity contribution in [3.05, 3.63) is 70.0 Å². The predicted molar refractivity (Wildman–Crippen MR) is 117 cm³/mol. The van der Waals surface area contributed by atoms with Gasteiger partial charge < -0.3 is 14.2 Å². The standard InChI is InChI=1S/C24H24FNO4S/c1-28-23(27)4-2-3-16-5-8-19(9-6-16)30-14-17-13-18(25)7-10-20(17)24-26-21-11-12-29-15-22(21)31-24/h5-10,13H,2-4,11-12,14-15H2,1H3. The second-order valence-corrected chi connectivity index (χ2v) is 8.44. The molecule has 1 aliphatic rings. The second-order valence-electron chi connectivity index (χ2n) is 7.36. The Bertz CT molecular complexity index is 1020. The lowest BCUT2D eigenvalue weighted by molar-refractivity contribution is -0.140. The zero-order valence-corrected chi connectivity index (χ0v) is 18.2. The summed E-state index contributed by atoms with van der Waals surface area (Å²) in [6.45, 7) is 1.52. The number of halogens is 1. The molecule has 0 spiro atoms. The summed E-state index contributed by atoms with van der Waals surface area (Å²) in [6.07, 6.45) is 2.75. The fourth-order valence-electron chi connectivity index (χ4n) is 3.48. The number of rotatable bonds is 8. The summed E-state index contributed by atoms with van der Waals surface area (Å²) >= 11 is 1.60. The molecule has 0 amide bonds. The van der Waals surface area contributed by atoms with Crippen LogP contribution >= 0.6 is 11.3 Å². The minimum atomic E-state index is -0.298. The van der Waals surface area contributed by atoms with Crippen molar-refractivity contribution in [2.75, 3.05) is 13.7 Å². The largest absolute Gasteiger partial charge is 0.489 e. The normalized spacial score (nSPS) is 13.0. The molecular weight excluding hydrogens is 417 g/mol. The molecule has 2 heterocycles. The summed E-state index contributed by atoms with van der Waals surface area (Å²) in [5.74, 6) is 0.214. The van der Waals surface area contributed by atoms with E-state index in [-0.39, 0.29) is 18.4 Å². The van der Waals surface area contributed by atoms with Crippen molar-refractivity contribution in [2.45, 2.75) is 38.9 Å². The Kier molecular flexibility index (Phi) is 6.94. The molecule has 7 heteroatoms. The lowest BCUT2D eigenvalue weighted by atomic mass is 10.1. The number of fused-ring (bicyclic) bond motifs is 1. The van der Waals surface area contributed by atoms with Gasteiger partial charge in [0.15, 0.2) is 0 Å². The number of hydrogen-bond acceptors (Lipinski definition) is 6. The number of aromatic nitrogens is 1. The Morgan fingerprint density at radius 3 is 2.84 bits per heavy atom. The third-order valence-electron chi connectivity index (χ3n) is 5.18. The van der Waals surface area contributed by atoms with Crippen LogP contribution in [-0.2, 0) is 40.3 Å². The van der Waals surface area contributed by atoms with Crippen molar-refractivity contribution >= 4 is 17.3 Å². The van der Waals surface area contributed by atoms with Crippen LogP contribution in [-0.4, -0.2) is 24.7 Å². The summed E-state index contributed by atoms with van der Waals surface area (Å²) in [5.41, 5.74) is 3.85. The van der Waals surface area contributed by atoms with Gasteiger partial charge in [0.05, 0.1) is 30.9 Å². The molecule has 162 valence electrons. The average Bonchev–Trinajstić information content (AvgIpc) is 3.22. The highest BCUT2D eigenvalue weighted by Gasteiger charge is 2.18. The van der Waals surface area contributed by atoms with Crippen molar-refractivity contribution < 1.29 is 23.4 Å². The van der Waals surface area contributed by atoms with Crippen molar-refractivity contribution in [2.24, 2.45) is 0 Å². The molecule has 0 aliphatic carbocycles. The molecule has 31 heavy (non-hydrogen) atoms. The van der Waals surface area contributed by atoms with Crippen LogP contribution in [0, 0.1) is 5.82 Å². The second kappa shape index (κ2) is 10.0. The molecule has 0 atom stereocenters. The highest BCUT2D eigenvalue weighted by molar-refractivity contribution is 7.15. The maximum atomic E-state index is 13.9. The first kappa shape index (κ1) is 21.5. The Morgan fingerprint density at radius 1 is 1.23 bits per heavy atom. The van der Waals surface area contributed by atoms with E-state index in [1.807, 2.05) is 24.3 Å². The quantitative estimate of drug-likeness (QED) is 0.456. The number of nitrogens with zero attached hydrogens (tertiary/aromatic N) is 1. The number of aryl methyl sites for hydroxylation is 1. The van der Waals surface area contributed by atoms with E-state index in [1.165, 1.54) is 19.2 Å². The third-order valence-corrected chi connectivity index (χ3v) is 6.29. The number of carbonyl (C=O) groups excluding carboxylic acids is 1. The summed E-state index contributed by atoms with van der Waals surface area (Å²) in [6, 6.07) is 12.5. The van der Waals surface area contributed by atoms with Crippen LogP contribution in [0.5, 0.6) is 5.75 Å². The first-order valence-electron chi connectivity index (χ1n) is 10.3. The molecule has 5 nitrogen and oxygen atoms in total. The van der Waals surface area contributed by atoms with Crippen LogP contribution in [0.4, 0.5) is 4.39 Å². The number of methoxy groups -OCH3 is 1. The van der Waals surface area contributed by atoms with Crippen LogP contribution < -0.4 is 4.74 Å². The molecule has 4 rings (SSSR count). The molecule has 1 aliphatic heterocycles. The number of thiazole rings is 1. The van der Waals surface area contributed by atoms with Gasteiger partial charge in [0.25, 0.3) is 0 Å². The maximum Gasteiger partial charge on any atom is 0.305 e. The molecule has 0 radical (unpaired) electrons. The Morgan fingerprint density at radius 2 is 2.06 bits per heavy atom. The monoisotopic (exact) mass is 441 g/mol. The summed E-state index contributed by atoms with van der Waals surface area (Å²) < 4.78 is 30.1. The van der Waals surface area contributed by atoms with Crippen LogP contribution in [0.2, 0.25) is 0 Å². The molecule has 2 aromatic carbocycles. The van der Waals surface area contributed by atoms with E-state index < -0.39 is 0 Å². The Hall–Kier alpha value is -2.77. The SMILES string of the molecule is COC(=O)CCCc1ccc(OCc2cc(F)ccc2-c2nc3c(s2)COCC3)cc1. The minimum Gasteiger partial charge on any atom is -0.489 e. The zero-order valence-electron chi connectivity index (χ0n) is 17.4. The molecule has 0 saturated heterocycles. The third kappa shape index (κ3) is 5.48. The van der Waals surface area contributed by atoms with Gasteiger partial charge in [-0.1, -0.05) is 12.1 Å². The van der Waals surface area contributed by atoms with Crippen molar-refractivity contribution in [3.8, 4) is 16.3 Å². The van der Waals surface area contributed by atoms with Crippen LogP contribution in [0.15, 0.2) is 42.5 Å². The van der Waals surface area contributed by atoms with Gasteiger partial charge in [-0.3, -0.25) is 4.79 Å². The fraction of sp³-hybridized carbons (Fsp3) is 0.333. The van der Waals surface area contributed by atoms with Gasteiger partial charge in [0.2, 0.25) is 0 Å². The van der Waals surface area contributed by atoms with Gasteiger partial charge in [-0.25, -0.2) is 9.37 Å². The van der Waals surface area contributed by atoms with Crippen molar-refractivity contribution in [1.29, 1.82) is 0 Å². The Labute approximate surface area is 184 Å². The first-order chi connectivity index (χ1) is 15.1. The molecule has 0 bridgehead atoms. The van der Waals surface area contributed by atoms with Gasteiger partial charge in [0, 0.05) is 24.0 Å². The summed E-state index contributed by atoms with van der Waals surface area (Å²) in [7, 11) is 1.40. The predicted octanol–water partition coefficient (Wildman–Crippen LogP) is 5.10. The van der Waals surface area contributed by atoms with Gasteiger partial charge in [-0.15, -0.1) is 11.3 Å². The Balaban J connectivity index is 1.42. The molecule has 0 N–H and O–H groups in total. The van der Waals surface area contributed by atoms with E-state index in [1.54, 1.807) is 17.4 Å². The molecular formula is C24H24FNO4S. The van der Waals surface area contributed by atoms with E-state index >= 15 is 0 Å². The van der Waals surface area contributed by atoms with Crippen LogP contribution in [0.25, 0.3) is 10.6 Å². The van der Waals surface area contributed by atoms with Gasteiger partial charge in [-0.2, -0.15) is 0 Å². The molecule has 0 unspecified atom stereocenters. The number of benzene rings is 2. The molecule has 1 aromatic heterocycles. The van der Waals surface area contributed by atoms with Crippen LogP contribution in [0.1, 0.15) is 34.5 Å². The number of hydrogen-bond donors (Lipinski definition) is 0. The van der Waals surface area contributed by atoms with Gasteiger partial charge in [-0.05, 0) is 48.7 Å². The van der Waals surface area contributed by atoms with Gasteiger partial charge in [0.1, 0.15) is 23.2 Å². The van der Waals surface area contributed by atoms with Crippen molar-refractivity contribution in [3.63, 3.8) is 0 Å². The highest BCUT2D eigenvalue weighted by atomic mass is 32.1. The van der Waals surface area contributed by atoms with Crippen LogP contribution in [0.3, 0.4) is 0 Å². The lowest BCUT2D eigenvalue weighted by Gasteiger charge is -2.11. The number of ether oxygens (including phenoxy) is 3. The summed E-state index contributed by atoms with van der Waals surface area (Å²) in [4.78, 5) is 17.1. The van der Waals surface area contributed by atoms with E-state index in [9.17, 15) is 9.18 Å². The minimum absolute atomic E-state index is 0.195. The fourth-order valence-corrected chi connectivity index (χ4v) is 4.59. The molecule has 3 aromatic rings. The van der Waals surface area contributed by atoms with E-state index in [0.717, 1.165) is 51.5 Å². The zero-order chi connectivity index (χ0) is 21.6. The molecule has 0 saturated carbocycles. The topological polar surface area (TPSA) is 57.7 Å².